The van der Waals surface area contributed by atoms with E-state index in [1.165, 1.54) is 12.4 Å². The van der Waals surface area contributed by atoms with E-state index in [0.29, 0.717) is 27.9 Å². The highest BCUT2D eigenvalue weighted by atomic mass is 16.2. The van der Waals surface area contributed by atoms with Gasteiger partial charge >= 0.3 is 0 Å². The van der Waals surface area contributed by atoms with E-state index in [2.05, 4.69) is 20.4 Å². The largest absolute Gasteiger partial charge is 0.339 e. The Morgan fingerprint density at radius 1 is 1.09 bits per heavy atom. The van der Waals surface area contributed by atoms with Crippen LogP contribution < -0.4 is 5.32 Å². The number of fused-ring (bicyclic) bond motifs is 1. The zero-order valence-corrected chi connectivity index (χ0v) is 18.4. The summed E-state index contributed by atoms with van der Waals surface area (Å²) in [6.45, 7) is 3.83. The van der Waals surface area contributed by atoms with Crippen molar-refractivity contribution in [2.24, 2.45) is 0 Å². The van der Waals surface area contributed by atoms with Gasteiger partial charge in [-0.3, -0.25) is 14.6 Å². The predicted molar refractivity (Wildman–Crippen MR) is 123 cm³/mol. The summed E-state index contributed by atoms with van der Waals surface area (Å²) in [5, 5.41) is 16.0. The van der Waals surface area contributed by atoms with Gasteiger partial charge in [-0.05, 0) is 50.2 Å². The Kier molecular flexibility index (Phi) is 5.83. The molecule has 0 radical (unpaired) electrons. The molecule has 0 bridgehead atoms. The van der Waals surface area contributed by atoms with Gasteiger partial charge in [0.2, 0.25) is 0 Å². The minimum Gasteiger partial charge on any atom is -0.339 e. The lowest BCUT2D eigenvalue weighted by atomic mass is 10.1. The maximum Gasteiger partial charge on any atom is 0.256 e. The van der Waals surface area contributed by atoms with Crippen molar-refractivity contribution in [1.29, 1.82) is 5.26 Å². The van der Waals surface area contributed by atoms with Gasteiger partial charge in [-0.25, -0.2) is 9.50 Å². The van der Waals surface area contributed by atoms with E-state index < -0.39 is 0 Å². The van der Waals surface area contributed by atoms with Crippen molar-refractivity contribution in [2.45, 2.75) is 19.9 Å². The Morgan fingerprint density at radius 2 is 1.91 bits per heavy atom. The van der Waals surface area contributed by atoms with Gasteiger partial charge in [0.15, 0.2) is 0 Å². The lowest BCUT2D eigenvalue weighted by molar-refractivity contribution is 0.0754. The van der Waals surface area contributed by atoms with Crippen molar-refractivity contribution < 1.29 is 9.59 Å². The molecule has 9 heteroatoms. The van der Waals surface area contributed by atoms with E-state index in [9.17, 15) is 9.59 Å². The minimum absolute atomic E-state index is 0.00632. The van der Waals surface area contributed by atoms with Gasteiger partial charge in [0.25, 0.3) is 11.8 Å². The topological polar surface area (TPSA) is 116 Å². The van der Waals surface area contributed by atoms with Crippen LogP contribution in [0.1, 0.15) is 40.1 Å². The van der Waals surface area contributed by atoms with Crippen LogP contribution in [0.5, 0.6) is 0 Å². The normalized spacial score (nSPS) is 10.8. The van der Waals surface area contributed by atoms with Crippen molar-refractivity contribution in [2.75, 3.05) is 12.4 Å². The number of aromatic nitrogens is 4. The number of amides is 2. The third-order valence-electron chi connectivity index (χ3n) is 5.29. The van der Waals surface area contributed by atoms with Crippen molar-refractivity contribution >= 4 is 23.1 Å². The highest BCUT2D eigenvalue weighted by Gasteiger charge is 2.19. The van der Waals surface area contributed by atoms with E-state index >= 15 is 0 Å². The maximum atomic E-state index is 13.0. The third-order valence-corrected chi connectivity index (χ3v) is 5.29. The Morgan fingerprint density at radius 3 is 2.61 bits per heavy atom. The highest BCUT2D eigenvalue weighted by molar-refractivity contribution is 6.06. The fourth-order valence-electron chi connectivity index (χ4n) is 3.18. The van der Waals surface area contributed by atoms with Gasteiger partial charge in [0, 0.05) is 49.0 Å². The summed E-state index contributed by atoms with van der Waals surface area (Å²) in [6, 6.07) is 12.1. The summed E-state index contributed by atoms with van der Waals surface area (Å²) in [4.78, 5) is 36.1. The van der Waals surface area contributed by atoms with E-state index in [4.69, 9.17) is 5.26 Å². The second-order valence-corrected chi connectivity index (χ2v) is 7.74. The van der Waals surface area contributed by atoms with E-state index in [-0.39, 0.29) is 23.7 Å². The fraction of sp³-hybridized carbons (Fsp3) is 0.167. The van der Waals surface area contributed by atoms with Crippen LogP contribution in [-0.2, 0) is 0 Å². The van der Waals surface area contributed by atoms with Crippen LogP contribution in [0.25, 0.3) is 16.8 Å². The predicted octanol–water partition coefficient (Wildman–Crippen LogP) is 3.40. The average Bonchev–Trinajstić information content (AvgIpc) is 3.31. The zero-order valence-electron chi connectivity index (χ0n) is 18.4. The van der Waals surface area contributed by atoms with Crippen LogP contribution in [0.15, 0.2) is 61.2 Å². The molecule has 164 valence electrons. The average molecular weight is 439 g/mol. The number of hydrogen-bond donors (Lipinski definition) is 1. The fourth-order valence-corrected chi connectivity index (χ4v) is 3.18. The first kappa shape index (κ1) is 21.6. The van der Waals surface area contributed by atoms with Crippen LogP contribution in [-0.4, -0.2) is 49.4 Å². The highest BCUT2D eigenvalue weighted by Crippen LogP contribution is 2.27. The van der Waals surface area contributed by atoms with Crippen LogP contribution in [0.3, 0.4) is 0 Å². The van der Waals surface area contributed by atoms with Gasteiger partial charge < -0.3 is 10.2 Å². The first-order chi connectivity index (χ1) is 15.9. The summed E-state index contributed by atoms with van der Waals surface area (Å²) in [6.07, 6.45) is 6.22. The molecule has 0 aliphatic carbocycles. The summed E-state index contributed by atoms with van der Waals surface area (Å²) >= 11 is 0. The second-order valence-electron chi connectivity index (χ2n) is 7.74. The quantitative estimate of drug-likeness (QED) is 0.509. The molecule has 33 heavy (non-hydrogen) atoms. The molecule has 9 nitrogen and oxygen atoms in total. The van der Waals surface area contributed by atoms with Gasteiger partial charge in [0.1, 0.15) is 11.9 Å². The monoisotopic (exact) mass is 439 g/mol. The smallest absolute Gasteiger partial charge is 0.256 e. The molecular weight excluding hydrogens is 418 g/mol. The first-order valence-electron chi connectivity index (χ1n) is 10.3. The molecule has 0 fully saturated rings. The number of anilines is 1. The molecule has 0 atom stereocenters. The summed E-state index contributed by atoms with van der Waals surface area (Å²) in [7, 11) is 1.72. The Labute approximate surface area is 190 Å². The SMILES string of the molecule is CC(C)N(C)C(=O)c1cnc(NC(=O)c2ccn3nccc3c2)c(-c2ccc(C#N)cn2)c1. The first-order valence-corrected chi connectivity index (χ1v) is 10.3. The minimum atomic E-state index is -0.362. The molecule has 2 amide bonds. The summed E-state index contributed by atoms with van der Waals surface area (Å²) in [5.74, 6) is -0.301. The van der Waals surface area contributed by atoms with Gasteiger partial charge in [-0.1, -0.05) is 0 Å². The molecule has 0 aromatic carbocycles. The lowest BCUT2D eigenvalue weighted by Crippen LogP contribution is -2.33. The van der Waals surface area contributed by atoms with Crippen LogP contribution in [0, 0.1) is 11.3 Å². The van der Waals surface area contributed by atoms with Crippen LogP contribution >= 0.6 is 0 Å². The molecule has 4 heterocycles. The molecular formula is C24H21N7O2. The van der Waals surface area contributed by atoms with Crippen molar-refractivity contribution in [3.8, 4) is 17.3 Å². The number of nitrogens with one attached hydrogen (secondary N) is 1. The molecule has 4 aromatic heterocycles. The van der Waals surface area contributed by atoms with Gasteiger partial charge in [-0.15, -0.1) is 0 Å². The number of hydrogen-bond acceptors (Lipinski definition) is 6. The van der Waals surface area contributed by atoms with Crippen LogP contribution in [0.2, 0.25) is 0 Å². The number of pyridine rings is 3. The standard InChI is InChI=1S/C24H21N7O2/c1-15(2)30(3)24(33)18-11-20(21-5-4-16(12-25)13-26-21)22(27-14-18)29-23(32)17-7-9-31-19(10-17)6-8-28-31/h4-11,13-15H,1-3H3,(H,27,29,32). The van der Waals surface area contributed by atoms with E-state index in [1.807, 2.05) is 19.9 Å². The van der Waals surface area contributed by atoms with E-state index in [0.717, 1.165) is 5.52 Å². The molecule has 0 spiro atoms. The molecule has 1 N–H and O–H groups in total. The molecule has 0 aliphatic heterocycles. The third kappa shape index (κ3) is 4.41. The number of nitrogens with zero attached hydrogens (tertiary/aromatic N) is 6. The number of nitriles is 1. The molecule has 4 rings (SSSR count). The van der Waals surface area contributed by atoms with Gasteiger partial charge in [-0.2, -0.15) is 10.4 Å². The molecule has 4 aromatic rings. The molecule has 0 saturated heterocycles. The number of rotatable bonds is 5. The van der Waals surface area contributed by atoms with Crippen molar-refractivity contribution in [3.05, 3.63) is 77.9 Å². The zero-order chi connectivity index (χ0) is 23.5. The van der Waals surface area contributed by atoms with Crippen LogP contribution in [0.4, 0.5) is 5.82 Å². The Hall–Kier alpha value is -4.58. The number of carbonyl (C=O) groups is 2. The van der Waals surface area contributed by atoms with Crippen molar-refractivity contribution in [1.82, 2.24) is 24.5 Å². The Balaban J connectivity index is 1.73. The second kappa shape index (κ2) is 8.88. The summed E-state index contributed by atoms with van der Waals surface area (Å²) < 4.78 is 1.66. The molecule has 0 aliphatic rings. The lowest BCUT2D eigenvalue weighted by Gasteiger charge is -2.22. The maximum absolute atomic E-state index is 13.0. The van der Waals surface area contributed by atoms with Crippen molar-refractivity contribution in [3.63, 3.8) is 0 Å². The van der Waals surface area contributed by atoms with Gasteiger partial charge in [0.05, 0.1) is 22.3 Å². The number of carbonyl (C=O) groups excluding carboxylic acids is 2. The Bertz CT molecular complexity index is 1380. The summed E-state index contributed by atoms with van der Waals surface area (Å²) in [5.41, 5.74) is 2.93. The molecule has 0 unspecified atom stereocenters. The van der Waals surface area contributed by atoms with E-state index in [1.54, 1.807) is 65.3 Å². The molecule has 0 saturated carbocycles.